The van der Waals surface area contributed by atoms with Crippen molar-refractivity contribution in [3.63, 3.8) is 0 Å². The first-order valence-corrected chi connectivity index (χ1v) is 11.2. The van der Waals surface area contributed by atoms with Crippen LogP contribution in [0.2, 0.25) is 0 Å². The van der Waals surface area contributed by atoms with Crippen molar-refractivity contribution in [2.75, 3.05) is 0 Å². The van der Waals surface area contributed by atoms with Gasteiger partial charge in [0.15, 0.2) is 0 Å². The molecule has 0 aliphatic carbocycles. The van der Waals surface area contributed by atoms with Crippen molar-refractivity contribution >= 4 is 18.5 Å². The number of allylic oxidation sites excluding steroid dienone is 15. The molecule has 0 spiro atoms. The molecule has 0 radical (unpaired) electrons. The molecule has 0 rings (SSSR count). The zero-order valence-electron chi connectivity index (χ0n) is 20.6. The van der Waals surface area contributed by atoms with Gasteiger partial charge in [0, 0.05) is 0 Å². The van der Waals surface area contributed by atoms with Crippen LogP contribution < -0.4 is 0 Å². The van der Waals surface area contributed by atoms with E-state index in [1.807, 2.05) is 71.1 Å². The van der Waals surface area contributed by atoms with Crippen LogP contribution in [-0.4, -0.2) is 0 Å². The third kappa shape index (κ3) is 25.7. The van der Waals surface area contributed by atoms with E-state index in [9.17, 15) is 0 Å². The summed E-state index contributed by atoms with van der Waals surface area (Å²) in [5, 5.41) is 1.83. The maximum Gasteiger partial charge on any atom is -0.0262 e. The highest BCUT2D eigenvalue weighted by molar-refractivity contribution is 7.23. The van der Waals surface area contributed by atoms with Crippen LogP contribution in [0.5, 0.6) is 0 Å². The van der Waals surface area contributed by atoms with Crippen LogP contribution in [0.15, 0.2) is 146 Å². The third-order valence-corrected chi connectivity index (χ3v) is 3.49. The van der Waals surface area contributed by atoms with E-state index in [-0.39, 0.29) is 0 Å². The summed E-state index contributed by atoms with van der Waals surface area (Å²) in [4.78, 5) is 0. The Morgan fingerprint density at radius 1 is 0.484 bits per heavy atom. The van der Waals surface area contributed by atoms with Crippen molar-refractivity contribution in [3.05, 3.63) is 146 Å². The highest BCUT2D eigenvalue weighted by Gasteiger charge is 1.93. The van der Waals surface area contributed by atoms with Crippen molar-refractivity contribution in [2.45, 2.75) is 34.6 Å². The molecule has 0 amide bonds. The van der Waals surface area contributed by atoms with E-state index in [4.69, 9.17) is 0 Å². The van der Waals surface area contributed by atoms with E-state index in [0.29, 0.717) is 0 Å². The van der Waals surface area contributed by atoms with Crippen molar-refractivity contribution < 1.29 is 0 Å². The highest BCUT2D eigenvalue weighted by Crippen LogP contribution is 2.14. The topological polar surface area (TPSA) is 0 Å². The standard InChI is InChI=1S/C15H19P.C10H13P.2C2H6/c1-11(2)12(3)7-8-13(4)14(5)9-10-15(6)16;1-5-8(2)9(3)6-7-10(4)11;2*1-2/h7-10H,1,3-6,16H2,2H3;5-7H,1-4,11H2;2*1-2H3/b8-7-,10-9-;7-6-;;. The minimum absolute atomic E-state index is 0.840. The fraction of sp³-hybridized carbons (Fsp3) is 0.172. The summed E-state index contributed by atoms with van der Waals surface area (Å²) in [5.41, 5.74) is 5.26. The third-order valence-electron chi connectivity index (χ3n) is 3.10. The van der Waals surface area contributed by atoms with Gasteiger partial charge in [-0.15, -0.1) is 18.5 Å². The SMILES string of the molecule is C=C(P)/C=C\C(=C)C(=C)/C=C\C(=C)C(=C)C.C=CC(=C)C(=C)/C=C\C(=C)P.CC.CC. The molecule has 31 heavy (non-hydrogen) atoms. The second-order valence-electron chi connectivity index (χ2n) is 5.76. The van der Waals surface area contributed by atoms with E-state index < -0.39 is 0 Å². The molecular weight excluding hydrogens is 410 g/mol. The number of rotatable bonds is 10. The summed E-state index contributed by atoms with van der Waals surface area (Å²) < 4.78 is 0. The Bertz CT molecular complexity index is 763. The average molecular weight is 455 g/mol. The van der Waals surface area contributed by atoms with Crippen LogP contribution in [0, 0.1) is 0 Å². The fourth-order valence-electron chi connectivity index (χ4n) is 1.21. The van der Waals surface area contributed by atoms with Gasteiger partial charge in [-0.1, -0.05) is 135 Å². The van der Waals surface area contributed by atoms with Crippen LogP contribution >= 0.6 is 18.5 Å². The Balaban J connectivity index is -0.000000212. The van der Waals surface area contributed by atoms with Crippen molar-refractivity contribution in [1.82, 2.24) is 0 Å². The van der Waals surface area contributed by atoms with Gasteiger partial charge >= 0.3 is 0 Å². The summed E-state index contributed by atoms with van der Waals surface area (Å²) >= 11 is 0. The Labute approximate surface area is 198 Å². The van der Waals surface area contributed by atoms with Gasteiger partial charge < -0.3 is 0 Å². The fourth-order valence-corrected chi connectivity index (χ4v) is 1.40. The summed E-state index contributed by atoms with van der Waals surface area (Å²) in [6, 6.07) is 0. The molecule has 0 bridgehead atoms. The highest BCUT2D eigenvalue weighted by atomic mass is 31.0. The van der Waals surface area contributed by atoms with Crippen LogP contribution in [0.3, 0.4) is 0 Å². The maximum atomic E-state index is 3.92. The molecule has 0 N–H and O–H groups in total. The van der Waals surface area contributed by atoms with Crippen LogP contribution in [0.25, 0.3) is 0 Å². The lowest BCUT2D eigenvalue weighted by Crippen LogP contribution is -1.80. The van der Waals surface area contributed by atoms with Crippen LogP contribution in [-0.2, 0) is 0 Å². The Morgan fingerprint density at radius 2 is 0.742 bits per heavy atom. The largest absolute Gasteiger partial charge is 0.106 e. The lowest BCUT2D eigenvalue weighted by Gasteiger charge is -2.00. The lowest BCUT2D eigenvalue weighted by atomic mass is 10.1. The van der Waals surface area contributed by atoms with E-state index in [1.54, 1.807) is 6.08 Å². The predicted molar refractivity (Wildman–Crippen MR) is 159 cm³/mol. The molecule has 2 heteroatoms. The molecule has 2 unspecified atom stereocenters. The molecule has 0 aromatic rings. The van der Waals surface area contributed by atoms with Gasteiger partial charge in [0.2, 0.25) is 0 Å². The molecule has 0 saturated heterocycles. The van der Waals surface area contributed by atoms with Gasteiger partial charge in [-0.2, -0.15) is 0 Å². The van der Waals surface area contributed by atoms with Crippen molar-refractivity contribution in [2.24, 2.45) is 0 Å². The summed E-state index contributed by atoms with van der Waals surface area (Å²) in [6.07, 6.45) is 12.9. The quantitative estimate of drug-likeness (QED) is 0.227. The van der Waals surface area contributed by atoms with E-state index in [1.165, 1.54) is 0 Å². The van der Waals surface area contributed by atoms with Gasteiger partial charge in [-0.3, -0.25) is 0 Å². The lowest BCUT2D eigenvalue weighted by molar-refractivity contribution is 1.46. The van der Waals surface area contributed by atoms with E-state index >= 15 is 0 Å². The molecular formula is C29H44P2. The second-order valence-corrected chi connectivity index (χ2v) is 7.24. The molecule has 0 aromatic heterocycles. The Kier molecular flexibility index (Phi) is 28.0. The molecule has 0 aromatic carbocycles. The first-order valence-electron chi connectivity index (χ1n) is 10.1. The van der Waals surface area contributed by atoms with Gasteiger partial charge in [-0.05, 0) is 45.4 Å². The maximum absolute atomic E-state index is 3.92. The van der Waals surface area contributed by atoms with Crippen LogP contribution in [0.4, 0.5) is 0 Å². The molecule has 0 nitrogen and oxygen atoms in total. The van der Waals surface area contributed by atoms with E-state index in [2.05, 4.69) is 77.7 Å². The molecule has 0 aliphatic rings. The first-order chi connectivity index (χ1) is 14.4. The average Bonchev–Trinajstić information content (AvgIpc) is 2.76. The predicted octanol–water partition coefficient (Wildman–Crippen LogP) is 10.0. The van der Waals surface area contributed by atoms with Gasteiger partial charge in [0.25, 0.3) is 0 Å². The normalized spacial score (nSPS) is 9.26. The Hall–Kier alpha value is -2.26. The smallest absolute Gasteiger partial charge is 0.0262 e. The Morgan fingerprint density at radius 3 is 1.00 bits per heavy atom. The van der Waals surface area contributed by atoms with Gasteiger partial charge in [0.05, 0.1) is 0 Å². The summed E-state index contributed by atoms with van der Waals surface area (Å²) in [6.45, 7) is 44.0. The van der Waals surface area contributed by atoms with Crippen molar-refractivity contribution in [1.29, 1.82) is 0 Å². The molecule has 0 fully saturated rings. The van der Waals surface area contributed by atoms with Crippen molar-refractivity contribution in [3.8, 4) is 0 Å². The molecule has 0 heterocycles. The zero-order chi connectivity index (χ0) is 25.6. The van der Waals surface area contributed by atoms with E-state index in [0.717, 1.165) is 44.1 Å². The monoisotopic (exact) mass is 454 g/mol. The molecule has 0 aliphatic heterocycles. The summed E-state index contributed by atoms with van der Waals surface area (Å²) in [5.74, 6) is 0. The van der Waals surface area contributed by atoms with Gasteiger partial charge in [-0.25, -0.2) is 0 Å². The number of hydrogen-bond donors (Lipinski definition) is 0. The minimum atomic E-state index is 0.840. The molecule has 2 atom stereocenters. The van der Waals surface area contributed by atoms with Crippen LogP contribution in [0.1, 0.15) is 34.6 Å². The summed E-state index contributed by atoms with van der Waals surface area (Å²) in [7, 11) is 5.01. The second kappa shape index (κ2) is 24.0. The number of hydrogen-bond acceptors (Lipinski definition) is 0. The molecule has 0 saturated carbocycles. The minimum Gasteiger partial charge on any atom is -0.106 e. The van der Waals surface area contributed by atoms with Gasteiger partial charge in [0.1, 0.15) is 0 Å². The first kappa shape index (κ1) is 36.1. The zero-order valence-corrected chi connectivity index (χ0v) is 22.9. The molecule has 170 valence electrons.